The third-order valence-electron chi connectivity index (χ3n) is 4.46. The van der Waals surface area contributed by atoms with E-state index in [1.54, 1.807) is 18.2 Å². The first-order valence-corrected chi connectivity index (χ1v) is 10.7. The Kier molecular flexibility index (Phi) is 10.5. The largest absolute Gasteiger partial charge is 0.490 e. The van der Waals surface area contributed by atoms with Crippen molar-refractivity contribution in [3.05, 3.63) is 53.1 Å². The number of amides is 3. The van der Waals surface area contributed by atoms with Crippen LogP contribution in [0.1, 0.15) is 23.6 Å². The Morgan fingerprint density at radius 3 is 2.50 bits per heavy atom. The van der Waals surface area contributed by atoms with Gasteiger partial charge in [-0.15, -0.1) is 0 Å². The molecule has 10 heteroatoms. The van der Waals surface area contributed by atoms with Crippen molar-refractivity contribution in [2.75, 3.05) is 38.8 Å². The molecule has 0 bridgehead atoms. The smallest absolute Gasteiger partial charge is 0.329 e. The molecular weight excluding hydrogens is 440 g/mol. The van der Waals surface area contributed by atoms with E-state index in [4.69, 9.17) is 14.2 Å². The molecule has 0 spiro atoms. The maximum Gasteiger partial charge on any atom is 0.329 e. The minimum atomic E-state index is -0.896. The van der Waals surface area contributed by atoms with Gasteiger partial charge in [0.1, 0.15) is 0 Å². The molecule has 0 atom stereocenters. The van der Waals surface area contributed by atoms with Gasteiger partial charge in [0, 0.05) is 19.3 Å². The third kappa shape index (κ3) is 8.55. The van der Waals surface area contributed by atoms with Crippen LogP contribution in [0.3, 0.4) is 0 Å². The zero-order valence-electron chi connectivity index (χ0n) is 19.8. The second-order valence-electron chi connectivity index (χ2n) is 7.24. The molecule has 0 fully saturated rings. The van der Waals surface area contributed by atoms with Crippen LogP contribution in [0.25, 0.3) is 0 Å². The molecule has 0 heterocycles. The van der Waals surface area contributed by atoms with E-state index in [-0.39, 0.29) is 19.1 Å². The van der Waals surface area contributed by atoms with Crippen LogP contribution in [0.5, 0.6) is 11.5 Å². The molecule has 0 saturated carbocycles. The summed E-state index contributed by atoms with van der Waals surface area (Å²) in [5.74, 6) is -1.21. The Labute approximate surface area is 198 Å². The van der Waals surface area contributed by atoms with Crippen molar-refractivity contribution in [1.82, 2.24) is 10.7 Å². The molecule has 0 saturated heterocycles. The van der Waals surface area contributed by atoms with E-state index in [2.05, 4.69) is 21.2 Å². The number of nitrogens with zero attached hydrogens (tertiary/aromatic N) is 1. The average Bonchev–Trinajstić information content (AvgIpc) is 2.80. The van der Waals surface area contributed by atoms with Crippen molar-refractivity contribution >= 4 is 29.6 Å². The van der Waals surface area contributed by atoms with Crippen molar-refractivity contribution < 1.29 is 28.6 Å². The topological polar surface area (TPSA) is 127 Å². The summed E-state index contributed by atoms with van der Waals surface area (Å²) >= 11 is 0. The second kappa shape index (κ2) is 13.6. The number of benzene rings is 2. The summed E-state index contributed by atoms with van der Waals surface area (Å²) in [6.07, 6.45) is 1.36. The number of rotatable bonds is 11. The lowest BCUT2D eigenvalue weighted by atomic mass is 10.1. The molecule has 0 aliphatic rings. The van der Waals surface area contributed by atoms with Gasteiger partial charge < -0.3 is 24.8 Å². The normalized spacial score (nSPS) is 10.6. The van der Waals surface area contributed by atoms with Gasteiger partial charge in [0.25, 0.3) is 5.91 Å². The molecule has 10 nitrogen and oxygen atoms in total. The first-order valence-electron chi connectivity index (χ1n) is 10.7. The van der Waals surface area contributed by atoms with Crippen molar-refractivity contribution in [2.45, 2.75) is 20.8 Å². The minimum Gasteiger partial charge on any atom is -0.490 e. The van der Waals surface area contributed by atoms with Crippen LogP contribution in [-0.2, 0) is 19.1 Å². The van der Waals surface area contributed by atoms with E-state index in [0.717, 1.165) is 16.8 Å². The Bertz CT molecular complexity index is 1040. The lowest BCUT2D eigenvalue weighted by molar-refractivity contribution is -0.139. The SMILES string of the molecule is CCOc1cc(/C=N\NC(=O)C(=O)NCCOC)ccc1OCC(=O)Nc1ccc(C)cc1C. The Morgan fingerprint density at radius 2 is 1.79 bits per heavy atom. The highest BCUT2D eigenvalue weighted by Crippen LogP contribution is 2.28. The van der Waals surface area contributed by atoms with E-state index >= 15 is 0 Å². The maximum absolute atomic E-state index is 12.3. The fourth-order valence-corrected chi connectivity index (χ4v) is 2.84. The number of carbonyl (C=O) groups excluding carboxylic acids is 3. The fourth-order valence-electron chi connectivity index (χ4n) is 2.84. The van der Waals surface area contributed by atoms with E-state index in [9.17, 15) is 14.4 Å². The summed E-state index contributed by atoms with van der Waals surface area (Å²) in [4.78, 5) is 35.6. The molecule has 3 N–H and O–H groups in total. The van der Waals surface area contributed by atoms with Gasteiger partial charge in [-0.05, 0) is 56.2 Å². The van der Waals surface area contributed by atoms with Crippen LogP contribution < -0.4 is 25.5 Å². The highest BCUT2D eigenvalue weighted by molar-refractivity contribution is 6.35. The van der Waals surface area contributed by atoms with Crippen LogP contribution in [-0.4, -0.2) is 57.4 Å². The summed E-state index contributed by atoms with van der Waals surface area (Å²) in [5.41, 5.74) is 5.55. The quantitative estimate of drug-likeness (QED) is 0.199. The van der Waals surface area contributed by atoms with E-state index in [1.807, 2.05) is 39.0 Å². The predicted molar refractivity (Wildman–Crippen MR) is 128 cm³/mol. The maximum atomic E-state index is 12.3. The average molecular weight is 471 g/mol. The first kappa shape index (κ1) is 26.3. The van der Waals surface area contributed by atoms with Gasteiger partial charge in [0.2, 0.25) is 0 Å². The zero-order valence-corrected chi connectivity index (χ0v) is 19.8. The van der Waals surface area contributed by atoms with E-state index in [1.165, 1.54) is 13.3 Å². The van der Waals surface area contributed by atoms with Crippen LogP contribution in [0, 0.1) is 13.8 Å². The van der Waals surface area contributed by atoms with Crippen LogP contribution in [0.15, 0.2) is 41.5 Å². The second-order valence-corrected chi connectivity index (χ2v) is 7.24. The van der Waals surface area contributed by atoms with Gasteiger partial charge in [0.15, 0.2) is 18.1 Å². The van der Waals surface area contributed by atoms with Crippen LogP contribution in [0.2, 0.25) is 0 Å². The Balaban J connectivity index is 1.95. The number of carbonyl (C=O) groups is 3. The first-order chi connectivity index (χ1) is 16.3. The molecule has 2 rings (SSSR count). The predicted octanol–water partition coefficient (Wildman–Crippen LogP) is 1.93. The lowest BCUT2D eigenvalue weighted by Gasteiger charge is -2.13. The van der Waals surface area contributed by atoms with Gasteiger partial charge in [-0.25, -0.2) is 5.43 Å². The molecule has 2 aromatic carbocycles. The molecular formula is C24H30N4O6. The van der Waals surface area contributed by atoms with Gasteiger partial charge in [0.05, 0.1) is 19.4 Å². The molecule has 0 aliphatic carbocycles. The molecule has 0 unspecified atom stereocenters. The van der Waals surface area contributed by atoms with E-state index < -0.39 is 11.8 Å². The number of nitrogens with one attached hydrogen (secondary N) is 3. The fraction of sp³-hybridized carbons (Fsp3) is 0.333. The monoisotopic (exact) mass is 470 g/mol. The lowest BCUT2D eigenvalue weighted by Crippen LogP contribution is -2.39. The summed E-state index contributed by atoms with van der Waals surface area (Å²) in [6.45, 7) is 6.42. The van der Waals surface area contributed by atoms with Crippen molar-refractivity contribution in [3.8, 4) is 11.5 Å². The molecule has 2 aromatic rings. The molecule has 0 aliphatic heterocycles. The Hall–Kier alpha value is -3.92. The minimum absolute atomic E-state index is 0.199. The van der Waals surface area contributed by atoms with Gasteiger partial charge in [-0.3, -0.25) is 14.4 Å². The number of aryl methyl sites for hydroxylation is 2. The number of hydrogen-bond donors (Lipinski definition) is 3. The summed E-state index contributed by atoms with van der Waals surface area (Å²) < 4.78 is 16.0. The molecule has 0 radical (unpaired) electrons. The highest BCUT2D eigenvalue weighted by Gasteiger charge is 2.12. The zero-order chi connectivity index (χ0) is 24.9. The van der Waals surface area contributed by atoms with Crippen molar-refractivity contribution in [1.29, 1.82) is 0 Å². The van der Waals surface area contributed by atoms with Crippen molar-refractivity contribution in [3.63, 3.8) is 0 Å². The number of hydrazone groups is 1. The third-order valence-corrected chi connectivity index (χ3v) is 4.46. The number of ether oxygens (including phenoxy) is 3. The number of hydrogen-bond acceptors (Lipinski definition) is 7. The van der Waals surface area contributed by atoms with E-state index in [0.29, 0.717) is 30.3 Å². The van der Waals surface area contributed by atoms with Crippen LogP contribution in [0.4, 0.5) is 5.69 Å². The van der Waals surface area contributed by atoms with Gasteiger partial charge >= 0.3 is 11.8 Å². The summed E-state index contributed by atoms with van der Waals surface area (Å²) in [5, 5.41) is 9.00. The summed E-state index contributed by atoms with van der Waals surface area (Å²) in [7, 11) is 1.49. The Morgan fingerprint density at radius 1 is 1.00 bits per heavy atom. The molecule has 3 amide bonds. The molecule has 182 valence electrons. The van der Waals surface area contributed by atoms with Crippen molar-refractivity contribution in [2.24, 2.45) is 5.10 Å². The number of methoxy groups -OCH3 is 1. The standard InChI is InChI=1S/C24H30N4O6/c1-5-33-21-13-18(14-26-28-24(31)23(30)25-10-11-32-4)7-9-20(21)34-15-22(29)27-19-8-6-16(2)12-17(19)3/h6-9,12-14H,5,10-11,15H2,1-4H3,(H,25,30)(H,27,29)(H,28,31)/b26-14-. The van der Waals surface area contributed by atoms with Gasteiger partial charge in [-0.1, -0.05) is 17.7 Å². The molecule has 0 aromatic heterocycles. The summed E-state index contributed by atoms with van der Waals surface area (Å²) in [6, 6.07) is 10.7. The van der Waals surface area contributed by atoms with Crippen LogP contribution >= 0.6 is 0 Å². The number of anilines is 1. The highest BCUT2D eigenvalue weighted by atomic mass is 16.5. The molecule has 34 heavy (non-hydrogen) atoms. The van der Waals surface area contributed by atoms with Gasteiger partial charge in [-0.2, -0.15) is 5.10 Å².